The molecule has 4 heterocycles. The molecule has 1 aliphatic rings. The molecule has 0 bridgehead atoms. The molecule has 0 spiro atoms. The zero-order valence-corrected chi connectivity index (χ0v) is 19.0. The number of likely N-dealkylation sites (tertiary alicyclic amines) is 1. The molecule has 0 unspecified atom stereocenters. The van der Waals surface area contributed by atoms with Crippen LogP contribution in [0.3, 0.4) is 0 Å². The Hall–Kier alpha value is -3.13. The van der Waals surface area contributed by atoms with E-state index in [4.69, 9.17) is 4.98 Å². The summed E-state index contributed by atoms with van der Waals surface area (Å²) in [5, 5.41) is 0. The lowest BCUT2D eigenvalue weighted by Crippen LogP contribution is -2.43. The Kier molecular flexibility index (Phi) is 5.25. The van der Waals surface area contributed by atoms with Crippen LogP contribution in [0.25, 0.3) is 16.9 Å². The minimum Gasteiger partial charge on any atom is -0.309 e. The third-order valence-electron chi connectivity index (χ3n) is 6.90. The molecule has 0 saturated carbocycles. The quantitative estimate of drug-likeness (QED) is 0.483. The van der Waals surface area contributed by atoms with Crippen molar-refractivity contribution in [1.29, 1.82) is 0 Å². The lowest BCUT2D eigenvalue weighted by Gasteiger charge is -2.26. The zero-order chi connectivity index (χ0) is 22.4. The number of fused-ring (bicyclic) bond motifs is 3. The minimum absolute atomic E-state index is 0.257. The zero-order valence-electron chi connectivity index (χ0n) is 19.0. The van der Waals surface area contributed by atoms with Gasteiger partial charge in [-0.1, -0.05) is 36.8 Å². The Bertz CT molecular complexity index is 1400. The highest BCUT2D eigenvalue weighted by Gasteiger charge is 2.23. The Balaban J connectivity index is 1.64. The molecule has 3 aromatic heterocycles. The number of benzene rings is 1. The standard InChI is InChI=1S/C24H30N6O2/c1-17-18(2)30-20-21(25-23(30)29(17)16-19-10-6-4-7-11-19)26(3)24(32)28(22(20)31)15-14-27-12-8-5-9-13-27/h4,6-7,10-11H,5,8-9,12-16H2,1-3H3. The molecule has 0 amide bonds. The number of aryl methyl sites for hydroxylation is 2. The predicted octanol–water partition coefficient (Wildman–Crippen LogP) is 2.30. The predicted molar refractivity (Wildman–Crippen MR) is 125 cm³/mol. The SMILES string of the molecule is Cc1c(C)n2c3c(=O)n(CCN4CCCCC4)c(=O)n(C)c3nc2n1Cc1ccccc1. The van der Waals surface area contributed by atoms with Crippen molar-refractivity contribution in [2.24, 2.45) is 7.05 Å². The molecule has 0 aliphatic carbocycles. The van der Waals surface area contributed by atoms with Crippen molar-refractivity contribution in [3.63, 3.8) is 0 Å². The van der Waals surface area contributed by atoms with E-state index in [1.165, 1.54) is 28.4 Å². The van der Waals surface area contributed by atoms with Gasteiger partial charge in [0.25, 0.3) is 5.56 Å². The van der Waals surface area contributed by atoms with Gasteiger partial charge in [-0.15, -0.1) is 0 Å². The molecule has 0 atom stereocenters. The van der Waals surface area contributed by atoms with Crippen LogP contribution in [0.5, 0.6) is 0 Å². The van der Waals surface area contributed by atoms with E-state index >= 15 is 0 Å². The molecule has 1 aromatic carbocycles. The monoisotopic (exact) mass is 434 g/mol. The number of hydrogen-bond donors (Lipinski definition) is 0. The second kappa shape index (κ2) is 8.09. The summed E-state index contributed by atoms with van der Waals surface area (Å²) in [6, 6.07) is 10.2. The summed E-state index contributed by atoms with van der Waals surface area (Å²) in [4.78, 5) is 33.7. The van der Waals surface area contributed by atoms with Crippen LogP contribution in [0.15, 0.2) is 39.9 Å². The second-order valence-corrected chi connectivity index (χ2v) is 8.86. The summed E-state index contributed by atoms with van der Waals surface area (Å²) in [6.45, 7) is 7.91. The van der Waals surface area contributed by atoms with E-state index in [0.29, 0.717) is 30.0 Å². The fraction of sp³-hybridized carbons (Fsp3) is 0.458. The van der Waals surface area contributed by atoms with E-state index in [1.54, 1.807) is 7.05 Å². The van der Waals surface area contributed by atoms with Crippen LogP contribution in [-0.2, 0) is 20.1 Å². The van der Waals surface area contributed by atoms with Crippen LogP contribution in [-0.4, -0.2) is 47.6 Å². The van der Waals surface area contributed by atoms with Crippen molar-refractivity contribution < 1.29 is 0 Å². The Morgan fingerprint density at radius 2 is 1.62 bits per heavy atom. The lowest BCUT2D eigenvalue weighted by atomic mass is 10.1. The molecular weight excluding hydrogens is 404 g/mol. The second-order valence-electron chi connectivity index (χ2n) is 8.86. The Morgan fingerprint density at radius 3 is 2.34 bits per heavy atom. The average Bonchev–Trinajstić information content (AvgIpc) is 3.31. The molecule has 1 saturated heterocycles. The third kappa shape index (κ3) is 3.30. The van der Waals surface area contributed by atoms with Crippen LogP contribution >= 0.6 is 0 Å². The maximum Gasteiger partial charge on any atom is 0.332 e. The van der Waals surface area contributed by atoms with Crippen LogP contribution in [0.4, 0.5) is 0 Å². The van der Waals surface area contributed by atoms with E-state index in [1.807, 2.05) is 29.5 Å². The van der Waals surface area contributed by atoms with E-state index in [2.05, 4.69) is 28.5 Å². The van der Waals surface area contributed by atoms with Gasteiger partial charge in [-0.25, -0.2) is 4.79 Å². The summed E-state index contributed by atoms with van der Waals surface area (Å²) in [5.41, 5.74) is 3.55. The molecule has 32 heavy (non-hydrogen) atoms. The molecule has 8 nitrogen and oxygen atoms in total. The molecule has 1 fully saturated rings. The number of imidazole rings is 2. The number of nitrogens with zero attached hydrogens (tertiary/aromatic N) is 6. The van der Waals surface area contributed by atoms with Gasteiger partial charge in [0.15, 0.2) is 11.2 Å². The molecule has 0 radical (unpaired) electrons. The average molecular weight is 435 g/mol. The number of rotatable bonds is 5. The summed E-state index contributed by atoms with van der Waals surface area (Å²) < 4.78 is 6.94. The van der Waals surface area contributed by atoms with Crippen LogP contribution in [0.2, 0.25) is 0 Å². The van der Waals surface area contributed by atoms with Gasteiger partial charge in [0.05, 0.1) is 6.54 Å². The fourth-order valence-corrected chi connectivity index (χ4v) is 4.89. The number of piperidine rings is 1. The van der Waals surface area contributed by atoms with Crippen LogP contribution in [0, 0.1) is 13.8 Å². The molecule has 1 aliphatic heterocycles. The summed E-state index contributed by atoms with van der Waals surface area (Å²) in [7, 11) is 1.71. The highest BCUT2D eigenvalue weighted by Crippen LogP contribution is 2.22. The molecule has 5 rings (SSSR count). The van der Waals surface area contributed by atoms with Gasteiger partial charge in [0, 0.05) is 31.5 Å². The Labute approximate surface area is 186 Å². The first kappa shape index (κ1) is 20.8. The lowest BCUT2D eigenvalue weighted by molar-refractivity contribution is 0.218. The van der Waals surface area contributed by atoms with E-state index in [9.17, 15) is 9.59 Å². The highest BCUT2D eigenvalue weighted by molar-refractivity contribution is 5.76. The number of aromatic nitrogens is 5. The minimum atomic E-state index is -0.302. The van der Waals surface area contributed by atoms with Gasteiger partial charge in [0.1, 0.15) is 0 Å². The van der Waals surface area contributed by atoms with Crippen molar-refractivity contribution in [2.75, 3.05) is 19.6 Å². The molecule has 8 heteroatoms. The van der Waals surface area contributed by atoms with E-state index in [0.717, 1.165) is 36.6 Å². The van der Waals surface area contributed by atoms with Crippen molar-refractivity contribution in [1.82, 2.24) is 28.0 Å². The first-order valence-electron chi connectivity index (χ1n) is 11.4. The van der Waals surface area contributed by atoms with Crippen molar-refractivity contribution in [3.05, 3.63) is 68.1 Å². The smallest absolute Gasteiger partial charge is 0.309 e. The molecule has 0 N–H and O–H groups in total. The first-order chi connectivity index (χ1) is 15.5. The normalized spacial score (nSPS) is 15.2. The largest absolute Gasteiger partial charge is 0.332 e. The van der Waals surface area contributed by atoms with Crippen LogP contribution < -0.4 is 11.2 Å². The van der Waals surface area contributed by atoms with Gasteiger partial charge in [-0.3, -0.25) is 18.3 Å². The van der Waals surface area contributed by atoms with Crippen LogP contribution in [0.1, 0.15) is 36.2 Å². The maximum absolute atomic E-state index is 13.5. The van der Waals surface area contributed by atoms with E-state index in [-0.39, 0.29) is 11.2 Å². The highest BCUT2D eigenvalue weighted by atomic mass is 16.2. The van der Waals surface area contributed by atoms with Gasteiger partial charge in [0.2, 0.25) is 5.78 Å². The topological polar surface area (TPSA) is 69.5 Å². The molecule has 168 valence electrons. The van der Waals surface area contributed by atoms with Gasteiger partial charge < -0.3 is 9.47 Å². The Morgan fingerprint density at radius 1 is 0.906 bits per heavy atom. The summed E-state index contributed by atoms with van der Waals surface area (Å²) in [6.07, 6.45) is 3.63. The summed E-state index contributed by atoms with van der Waals surface area (Å²) in [5.74, 6) is 0.694. The third-order valence-corrected chi connectivity index (χ3v) is 6.90. The van der Waals surface area contributed by atoms with Gasteiger partial charge in [-0.05, 0) is 45.3 Å². The van der Waals surface area contributed by atoms with Crippen molar-refractivity contribution >= 4 is 16.9 Å². The fourth-order valence-electron chi connectivity index (χ4n) is 4.89. The first-order valence-corrected chi connectivity index (χ1v) is 11.4. The van der Waals surface area contributed by atoms with E-state index < -0.39 is 0 Å². The summed E-state index contributed by atoms with van der Waals surface area (Å²) >= 11 is 0. The van der Waals surface area contributed by atoms with Crippen molar-refractivity contribution in [2.45, 2.75) is 46.2 Å². The maximum atomic E-state index is 13.5. The van der Waals surface area contributed by atoms with Gasteiger partial charge >= 0.3 is 5.69 Å². The number of hydrogen-bond acceptors (Lipinski definition) is 4. The molecular formula is C24H30N6O2. The van der Waals surface area contributed by atoms with Crippen molar-refractivity contribution in [3.8, 4) is 0 Å². The van der Waals surface area contributed by atoms with Gasteiger partial charge in [-0.2, -0.15) is 4.98 Å². The molecule has 4 aromatic rings.